The first-order chi connectivity index (χ1) is 7.17. The highest BCUT2D eigenvalue weighted by Crippen LogP contribution is 2.15. The maximum absolute atomic E-state index is 5.56. The fourth-order valence-corrected chi connectivity index (χ4v) is 2.16. The van der Waals surface area contributed by atoms with Crippen molar-refractivity contribution in [2.45, 2.75) is 65.0 Å². The van der Waals surface area contributed by atoms with E-state index in [1.807, 2.05) is 14.2 Å². The molecule has 0 aromatic carbocycles. The van der Waals surface area contributed by atoms with Crippen LogP contribution in [0.5, 0.6) is 0 Å². The van der Waals surface area contributed by atoms with Gasteiger partial charge in [0.25, 0.3) is 0 Å². The molecule has 92 valence electrons. The molecule has 0 amide bonds. The smallest absolute Gasteiger partial charge is 0.0746 e. The molecule has 2 atom stereocenters. The molecule has 0 aliphatic rings. The summed E-state index contributed by atoms with van der Waals surface area (Å²) in [7, 11) is 3.86. The molecule has 0 aliphatic carbocycles. The molecule has 0 aromatic heterocycles. The fraction of sp³-hybridized carbons (Fsp3) is 1.00. The van der Waals surface area contributed by atoms with Crippen molar-refractivity contribution >= 4 is 0 Å². The summed E-state index contributed by atoms with van der Waals surface area (Å²) >= 11 is 0. The van der Waals surface area contributed by atoms with Crippen molar-refractivity contribution in [2.24, 2.45) is 5.92 Å². The lowest BCUT2D eigenvalue weighted by Gasteiger charge is -2.28. The zero-order valence-corrected chi connectivity index (χ0v) is 11.2. The van der Waals surface area contributed by atoms with Crippen molar-refractivity contribution in [2.75, 3.05) is 14.2 Å². The predicted octanol–water partition coefficient (Wildman–Crippen LogP) is 3.22. The van der Waals surface area contributed by atoms with Crippen molar-refractivity contribution in [3.05, 3.63) is 0 Å². The zero-order valence-electron chi connectivity index (χ0n) is 11.2. The first kappa shape index (κ1) is 14.9. The Bertz CT molecular complexity index is 136. The second-order valence-corrected chi connectivity index (χ2v) is 4.69. The lowest BCUT2D eigenvalue weighted by Crippen LogP contribution is -2.41. The molecule has 15 heavy (non-hydrogen) atoms. The van der Waals surface area contributed by atoms with Crippen LogP contribution >= 0.6 is 0 Å². The van der Waals surface area contributed by atoms with Gasteiger partial charge < -0.3 is 10.1 Å². The van der Waals surface area contributed by atoms with Gasteiger partial charge in [0.1, 0.15) is 0 Å². The van der Waals surface area contributed by atoms with Crippen molar-refractivity contribution in [1.29, 1.82) is 0 Å². The third-order valence-electron chi connectivity index (χ3n) is 3.07. The van der Waals surface area contributed by atoms with E-state index < -0.39 is 0 Å². The first-order valence-corrected chi connectivity index (χ1v) is 6.37. The highest BCUT2D eigenvalue weighted by molar-refractivity contribution is 4.78. The lowest BCUT2D eigenvalue weighted by atomic mass is 9.95. The van der Waals surface area contributed by atoms with Gasteiger partial charge in [-0.05, 0) is 19.4 Å². The Kier molecular flexibility index (Phi) is 9.12. The van der Waals surface area contributed by atoms with Gasteiger partial charge in [-0.25, -0.2) is 0 Å². The van der Waals surface area contributed by atoms with Crippen LogP contribution in [0.15, 0.2) is 0 Å². The minimum absolute atomic E-state index is 0.344. The van der Waals surface area contributed by atoms with Crippen molar-refractivity contribution in [3.63, 3.8) is 0 Å². The Morgan fingerprint density at radius 1 is 1.13 bits per heavy atom. The van der Waals surface area contributed by atoms with E-state index in [1.165, 1.54) is 32.1 Å². The second kappa shape index (κ2) is 9.17. The molecule has 0 rings (SSSR count). The molecule has 0 heterocycles. The van der Waals surface area contributed by atoms with E-state index in [1.54, 1.807) is 0 Å². The van der Waals surface area contributed by atoms with Crippen molar-refractivity contribution in [1.82, 2.24) is 5.32 Å². The third-order valence-corrected chi connectivity index (χ3v) is 3.07. The molecule has 0 radical (unpaired) electrons. The van der Waals surface area contributed by atoms with Crippen molar-refractivity contribution in [3.8, 4) is 0 Å². The Balaban J connectivity index is 3.87. The molecule has 1 N–H and O–H groups in total. The largest absolute Gasteiger partial charge is 0.380 e. The molecular formula is C13H29NO. The molecule has 2 unspecified atom stereocenters. The molecule has 0 saturated carbocycles. The first-order valence-electron chi connectivity index (χ1n) is 6.37. The van der Waals surface area contributed by atoms with Gasteiger partial charge in [0.05, 0.1) is 6.10 Å². The van der Waals surface area contributed by atoms with E-state index in [-0.39, 0.29) is 0 Å². The summed E-state index contributed by atoms with van der Waals surface area (Å²) in [6.07, 6.45) is 6.90. The van der Waals surface area contributed by atoms with Crippen LogP contribution in [0.1, 0.15) is 52.9 Å². The minimum Gasteiger partial charge on any atom is -0.380 e. The van der Waals surface area contributed by atoms with Crippen LogP contribution < -0.4 is 5.32 Å². The number of methoxy groups -OCH3 is 1. The van der Waals surface area contributed by atoms with Crippen molar-refractivity contribution < 1.29 is 4.74 Å². The van der Waals surface area contributed by atoms with E-state index in [9.17, 15) is 0 Å². The van der Waals surface area contributed by atoms with Gasteiger partial charge in [0, 0.05) is 13.2 Å². The Morgan fingerprint density at radius 2 is 1.80 bits per heavy atom. The lowest BCUT2D eigenvalue weighted by molar-refractivity contribution is 0.0322. The van der Waals surface area contributed by atoms with E-state index in [0.29, 0.717) is 18.1 Å². The molecule has 2 heteroatoms. The molecule has 0 fully saturated rings. The van der Waals surface area contributed by atoms with Gasteiger partial charge in [-0.2, -0.15) is 0 Å². The van der Waals surface area contributed by atoms with Gasteiger partial charge in [0.15, 0.2) is 0 Å². The summed E-state index contributed by atoms with van der Waals surface area (Å²) in [5, 5.41) is 3.39. The molecule has 0 aromatic rings. The summed E-state index contributed by atoms with van der Waals surface area (Å²) in [5.41, 5.74) is 0. The molecule has 0 bridgehead atoms. The van der Waals surface area contributed by atoms with Crippen LogP contribution in [-0.2, 0) is 4.74 Å². The number of hydrogen-bond acceptors (Lipinski definition) is 2. The highest BCUT2D eigenvalue weighted by atomic mass is 16.5. The van der Waals surface area contributed by atoms with E-state index in [4.69, 9.17) is 4.74 Å². The number of nitrogens with one attached hydrogen (secondary N) is 1. The van der Waals surface area contributed by atoms with E-state index in [0.717, 1.165) is 0 Å². The summed E-state index contributed by atoms with van der Waals surface area (Å²) in [6.45, 7) is 6.71. The van der Waals surface area contributed by atoms with Crippen LogP contribution in [0.4, 0.5) is 0 Å². The summed E-state index contributed by atoms with van der Waals surface area (Å²) < 4.78 is 5.56. The van der Waals surface area contributed by atoms with Crippen LogP contribution in [-0.4, -0.2) is 26.3 Å². The maximum Gasteiger partial charge on any atom is 0.0746 e. The normalized spacial score (nSPS) is 15.6. The molecule has 0 saturated heterocycles. The van der Waals surface area contributed by atoms with Gasteiger partial charge in [-0.15, -0.1) is 0 Å². The average Bonchev–Trinajstić information content (AvgIpc) is 2.22. The highest BCUT2D eigenvalue weighted by Gasteiger charge is 2.22. The maximum atomic E-state index is 5.56. The number of rotatable bonds is 9. The molecule has 0 spiro atoms. The fourth-order valence-electron chi connectivity index (χ4n) is 2.16. The molecular weight excluding hydrogens is 186 g/mol. The van der Waals surface area contributed by atoms with Crippen LogP contribution in [0.25, 0.3) is 0 Å². The summed E-state index contributed by atoms with van der Waals surface area (Å²) in [5.74, 6) is 0.582. The van der Waals surface area contributed by atoms with Crippen LogP contribution in [0.3, 0.4) is 0 Å². The van der Waals surface area contributed by atoms with Gasteiger partial charge in [-0.3, -0.25) is 0 Å². The van der Waals surface area contributed by atoms with Crippen LogP contribution in [0.2, 0.25) is 0 Å². The molecule has 0 aliphatic heterocycles. The van der Waals surface area contributed by atoms with Gasteiger partial charge in [0.2, 0.25) is 0 Å². The number of ether oxygens (including phenoxy) is 1. The zero-order chi connectivity index (χ0) is 11.7. The SMILES string of the molecule is CCCCCCC(NC)C(OC)C(C)C. The van der Waals surface area contributed by atoms with Crippen LogP contribution in [0, 0.1) is 5.92 Å². The topological polar surface area (TPSA) is 21.3 Å². The quantitative estimate of drug-likeness (QED) is 0.596. The van der Waals surface area contributed by atoms with Gasteiger partial charge in [-0.1, -0.05) is 46.5 Å². The Morgan fingerprint density at radius 3 is 2.20 bits per heavy atom. The summed E-state index contributed by atoms with van der Waals surface area (Å²) in [4.78, 5) is 0. The average molecular weight is 215 g/mol. The third kappa shape index (κ3) is 6.16. The molecule has 2 nitrogen and oxygen atoms in total. The summed E-state index contributed by atoms with van der Waals surface area (Å²) in [6, 6.07) is 0.506. The predicted molar refractivity (Wildman–Crippen MR) is 67.2 cm³/mol. The standard InChI is InChI=1S/C13H29NO/c1-6-7-8-9-10-12(14-4)13(15-5)11(2)3/h11-14H,6-10H2,1-5H3. The second-order valence-electron chi connectivity index (χ2n) is 4.69. The van der Waals surface area contributed by atoms with E-state index in [2.05, 4.69) is 26.1 Å². The number of hydrogen-bond donors (Lipinski definition) is 1. The minimum atomic E-state index is 0.344. The number of unbranched alkanes of at least 4 members (excludes halogenated alkanes) is 3. The Hall–Kier alpha value is -0.0800. The Labute approximate surface area is 95.8 Å². The monoisotopic (exact) mass is 215 g/mol. The van der Waals surface area contributed by atoms with Gasteiger partial charge >= 0.3 is 0 Å². The van der Waals surface area contributed by atoms with E-state index >= 15 is 0 Å². The number of likely N-dealkylation sites (N-methyl/N-ethyl adjacent to an activating group) is 1.